The molecule has 3 nitrogen and oxygen atoms in total. The van der Waals surface area contributed by atoms with Crippen molar-refractivity contribution in [1.29, 1.82) is 0 Å². The monoisotopic (exact) mass is 372 g/mol. The Morgan fingerprint density at radius 2 is 1.58 bits per heavy atom. The van der Waals surface area contributed by atoms with Crippen molar-refractivity contribution in [3.05, 3.63) is 60.7 Å². The van der Waals surface area contributed by atoms with Crippen molar-refractivity contribution in [3.8, 4) is 0 Å². The smallest absolute Gasteiger partial charge is 0.158 e. The van der Waals surface area contributed by atoms with E-state index in [1.807, 2.05) is 60.7 Å². The number of benzene rings is 2. The molecule has 1 atom stereocenters. The lowest BCUT2D eigenvalue weighted by Crippen LogP contribution is -2.35. The van der Waals surface area contributed by atoms with Crippen LogP contribution in [0.3, 0.4) is 0 Å². The van der Waals surface area contributed by atoms with Gasteiger partial charge in [0.05, 0.1) is 5.60 Å². The zero-order chi connectivity index (χ0) is 18.5. The van der Waals surface area contributed by atoms with Gasteiger partial charge in [-0.25, -0.2) is 0 Å². The third kappa shape index (κ3) is 4.85. The lowest BCUT2D eigenvalue weighted by atomic mass is 10.1. The predicted molar refractivity (Wildman–Crippen MR) is 108 cm³/mol. The van der Waals surface area contributed by atoms with Crippen molar-refractivity contribution < 1.29 is 14.0 Å². The van der Waals surface area contributed by atoms with Crippen LogP contribution < -0.4 is 10.6 Å². The van der Waals surface area contributed by atoms with Crippen LogP contribution in [0.5, 0.6) is 0 Å². The van der Waals surface area contributed by atoms with E-state index < -0.39 is 7.14 Å². The summed E-state index contributed by atoms with van der Waals surface area (Å²) >= 11 is 0. The first kappa shape index (κ1) is 19.4. The second kappa shape index (κ2) is 8.52. The van der Waals surface area contributed by atoms with Crippen molar-refractivity contribution in [2.24, 2.45) is 0 Å². The number of ether oxygens (including phenoxy) is 2. The average Bonchev–Trinajstić information content (AvgIpc) is 2.68. The van der Waals surface area contributed by atoms with Gasteiger partial charge >= 0.3 is 0 Å². The lowest BCUT2D eigenvalue weighted by Gasteiger charge is -2.34. The molecule has 1 aliphatic rings. The van der Waals surface area contributed by atoms with E-state index in [2.05, 4.69) is 13.8 Å². The molecule has 1 aliphatic heterocycles. The third-order valence-electron chi connectivity index (χ3n) is 4.96. The molecule has 0 spiro atoms. The van der Waals surface area contributed by atoms with Gasteiger partial charge < -0.3 is 14.0 Å². The van der Waals surface area contributed by atoms with Gasteiger partial charge in [0.1, 0.15) is 7.14 Å². The lowest BCUT2D eigenvalue weighted by molar-refractivity contribution is -0.215. The summed E-state index contributed by atoms with van der Waals surface area (Å²) < 4.78 is 26.0. The second-order valence-electron chi connectivity index (χ2n) is 7.56. The Kier molecular flexibility index (Phi) is 6.34. The molecule has 1 unspecified atom stereocenters. The van der Waals surface area contributed by atoms with E-state index in [9.17, 15) is 4.57 Å². The Labute approximate surface area is 157 Å². The van der Waals surface area contributed by atoms with Crippen LogP contribution in [0.1, 0.15) is 39.5 Å². The van der Waals surface area contributed by atoms with Gasteiger partial charge in [-0.1, -0.05) is 60.7 Å². The zero-order valence-corrected chi connectivity index (χ0v) is 16.7. The van der Waals surface area contributed by atoms with Crippen LogP contribution in [-0.2, 0) is 14.0 Å². The summed E-state index contributed by atoms with van der Waals surface area (Å²) in [4.78, 5) is 0. The largest absolute Gasteiger partial charge is 0.353 e. The Morgan fingerprint density at radius 3 is 2.08 bits per heavy atom. The van der Waals surface area contributed by atoms with Gasteiger partial charge in [0, 0.05) is 23.4 Å². The van der Waals surface area contributed by atoms with Crippen LogP contribution in [0.15, 0.2) is 60.7 Å². The van der Waals surface area contributed by atoms with Gasteiger partial charge in [0.2, 0.25) is 0 Å². The van der Waals surface area contributed by atoms with Gasteiger partial charge in [0.25, 0.3) is 0 Å². The molecule has 0 N–H and O–H groups in total. The van der Waals surface area contributed by atoms with Crippen LogP contribution in [0.2, 0.25) is 0 Å². The molecule has 0 amide bonds. The number of hydrogen-bond acceptors (Lipinski definition) is 3. The van der Waals surface area contributed by atoms with Gasteiger partial charge in [-0.2, -0.15) is 0 Å². The molecule has 1 saturated heterocycles. The molecule has 3 rings (SSSR count). The Bertz CT molecular complexity index is 678. The van der Waals surface area contributed by atoms with Crippen molar-refractivity contribution in [2.45, 2.75) is 51.4 Å². The second-order valence-corrected chi connectivity index (χ2v) is 10.5. The summed E-state index contributed by atoms with van der Waals surface area (Å²) in [7, 11) is -2.69. The molecule has 4 heteroatoms. The fourth-order valence-corrected chi connectivity index (χ4v) is 6.37. The molecule has 2 aromatic rings. The highest BCUT2D eigenvalue weighted by Crippen LogP contribution is 2.45. The Morgan fingerprint density at radius 1 is 1.00 bits per heavy atom. The molecular formula is C22H29O3P. The van der Waals surface area contributed by atoms with E-state index in [0.29, 0.717) is 12.6 Å². The fourth-order valence-electron chi connectivity index (χ4n) is 3.39. The van der Waals surface area contributed by atoms with Gasteiger partial charge in [-0.15, -0.1) is 0 Å². The van der Waals surface area contributed by atoms with Crippen molar-refractivity contribution in [1.82, 2.24) is 0 Å². The average molecular weight is 372 g/mol. The third-order valence-corrected chi connectivity index (χ3v) is 8.08. The summed E-state index contributed by atoms with van der Waals surface area (Å²) in [5, 5.41) is 1.83. The molecule has 0 saturated carbocycles. The Hall–Kier alpha value is -1.41. The minimum atomic E-state index is -2.69. The normalized spacial score (nSPS) is 18.6. The molecule has 0 aromatic heterocycles. The maximum Gasteiger partial charge on any atom is 0.158 e. The van der Waals surface area contributed by atoms with Gasteiger partial charge in [0.15, 0.2) is 6.29 Å². The highest BCUT2D eigenvalue weighted by molar-refractivity contribution is 7.78. The molecular weight excluding hydrogens is 343 g/mol. The van der Waals surface area contributed by atoms with Crippen molar-refractivity contribution in [3.63, 3.8) is 0 Å². The maximum absolute atomic E-state index is 14.1. The highest BCUT2D eigenvalue weighted by atomic mass is 31.2. The van der Waals surface area contributed by atoms with Gasteiger partial charge in [-0.3, -0.25) is 0 Å². The van der Waals surface area contributed by atoms with E-state index >= 15 is 0 Å². The van der Waals surface area contributed by atoms with Gasteiger partial charge in [-0.05, 0) is 39.5 Å². The molecule has 26 heavy (non-hydrogen) atoms. The summed E-state index contributed by atoms with van der Waals surface area (Å²) in [5.74, 6) is 0. The molecule has 1 fully saturated rings. The SMILES string of the molecule is CC(C)(CCP(=O)(c1ccccc1)c1ccccc1)OC1CCCCO1. The summed E-state index contributed by atoms with van der Waals surface area (Å²) in [6.07, 6.45) is 4.37. The topological polar surface area (TPSA) is 35.5 Å². The molecule has 0 aliphatic carbocycles. The molecule has 2 aromatic carbocycles. The molecule has 140 valence electrons. The Balaban J connectivity index is 1.77. The maximum atomic E-state index is 14.1. The number of rotatable bonds is 7. The van der Waals surface area contributed by atoms with Crippen LogP contribution in [0, 0.1) is 0 Å². The minimum absolute atomic E-state index is 0.133. The summed E-state index contributed by atoms with van der Waals surface area (Å²) in [6, 6.07) is 19.7. The molecule has 1 heterocycles. The first-order valence-electron chi connectivity index (χ1n) is 9.49. The predicted octanol–water partition coefficient (Wildman–Crippen LogP) is 4.71. The van der Waals surface area contributed by atoms with E-state index in [0.717, 1.165) is 36.5 Å². The minimum Gasteiger partial charge on any atom is -0.353 e. The highest BCUT2D eigenvalue weighted by Gasteiger charge is 2.32. The van der Waals surface area contributed by atoms with Crippen molar-refractivity contribution in [2.75, 3.05) is 12.8 Å². The zero-order valence-electron chi connectivity index (χ0n) is 15.8. The van der Waals surface area contributed by atoms with Crippen LogP contribution in [0.4, 0.5) is 0 Å². The summed E-state index contributed by atoms with van der Waals surface area (Å²) in [6.45, 7) is 4.92. The first-order valence-corrected chi connectivity index (χ1v) is 11.4. The molecule has 0 bridgehead atoms. The van der Waals surface area contributed by atoms with E-state index in [1.165, 1.54) is 0 Å². The van der Waals surface area contributed by atoms with Crippen LogP contribution >= 0.6 is 7.14 Å². The fraction of sp³-hybridized carbons (Fsp3) is 0.455. The van der Waals surface area contributed by atoms with E-state index in [4.69, 9.17) is 9.47 Å². The quantitative estimate of drug-likeness (QED) is 0.660. The van der Waals surface area contributed by atoms with E-state index in [-0.39, 0.29) is 11.9 Å². The molecule has 0 radical (unpaired) electrons. The van der Waals surface area contributed by atoms with Crippen LogP contribution in [0.25, 0.3) is 0 Å². The first-order chi connectivity index (χ1) is 12.5. The van der Waals surface area contributed by atoms with Crippen molar-refractivity contribution >= 4 is 17.8 Å². The standard InChI is InChI=1S/C22H29O3P/c1-22(2,25-21-15-9-10-17-24-21)16-18-26(23,19-11-5-3-6-12-19)20-13-7-4-8-14-20/h3-8,11-14,21H,9-10,15-18H2,1-2H3. The summed E-state index contributed by atoms with van der Waals surface area (Å²) in [5.41, 5.74) is -0.374. The van der Waals surface area contributed by atoms with Crippen LogP contribution in [-0.4, -0.2) is 24.7 Å². The van der Waals surface area contributed by atoms with E-state index in [1.54, 1.807) is 0 Å². The number of hydrogen-bond donors (Lipinski definition) is 0.